The van der Waals surface area contributed by atoms with Crippen LogP contribution in [0.25, 0.3) is 0 Å². The van der Waals surface area contributed by atoms with Gasteiger partial charge in [-0.05, 0) is 35.4 Å². The van der Waals surface area contributed by atoms with Gasteiger partial charge in [0.25, 0.3) is 0 Å². The number of anilines is 2. The Bertz CT molecular complexity index is 820. The van der Waals surface area contributed by atoms with Gasteiger partial charge in [0.2, 0.25) is 0 Å². The Morgan fingerprint density at radius 2 is 0.893 bits per heavy atom. The third-order valence-electron chi connectivity index (χ3n) is 3.99. The smallest absolute Gasteiger partial charge is 0.319 e. The second kappa shape index (κ2) is 9.78. The fourth-order valence-corrected chi connectivity index (χ4v) is 2.54. The minimum Gasteiger partial charge on any atom is -0.334 e. The molecule has 0 radical (unpaired) electrons. The summed E-state index contributed by atoms with van der Waals surface area (Å²) in [6, 6.07) is 25.7. The molecular formula is C22H22N4O2. The summed E-state index contributed by atoms with van der Waals surface area (Å²) in [4.78, 5) is 23.9. The van der Waals surface area contributed by atoms with E-state index >= 15 is 0 Å². The molecule has 0 aliphatic carbocycles. The Labute approximate surface area is 164 Å². The van der Waals surface area contributed by atoms with Crippen molar-refractivity contribution >= 4 is 23.4 Å². The van der Waals surface area contributed by atoms with Crippen LogP contribution >= 0.6 is 0 Å². The van der Waals surface area contributed by atoms with Gasteiger partial charge in [-0.1, -0.05) is 60.7 Å². The van der Waals surface area contributed by atoms with Gasteiger partial charge < -0.3 is 21.3 Å². The Balaban J connectivity index is 1.42. The summed E-state index contributed by atoms with van der Waals surface area (Å²) in [7, 11) is 0. The molecule has 6 heteroatoms. The average Bonchev–Trinajstić information content (AvgIpc) is 2.74. The second-order valence-electron chi connectivity index (χ2n) is 6.16. The molecule has 0 saturated carbocycles. The van der Waals surface area contributed by atoms with Gasteiger partial charge in [0.1, 0.15) is 0 Å². The van der Waals surface area contributed by atoms with E-state index in [4.69, 9.17) is 0 Å². The number of amides is 4. The maximum absolute atomic E-state index is 12.0. The molecule has 0 aliphatic rings. The lowest BCUT2D eigenvalue weighted by Gasteiger charge is -2.10. The van der Waals surface area contributed by atoms with Crippen molar-refractivity contribution in [2.75, 3.05) is 10.6 Å². The van der Waals surface area contributed by atoms with Gasteiger partial charge in [-0.25, -0.2) is 9.59 Å². The molecule has 0 aliphatic heterocycles. The fourth-order valence-electron chi connectivity index (χ4n) is 2.54. The van der Waals surface area contributed by atoms with Crippen LogP contribution in [0.2, 0.25) is 0 Å². The Morgan fingerprint density at radius 1 is 0.536 bits per heavy atom. The van der Waals surface area contributed by atoms with E-state index in [1.165, 1.54) is 0 Å². The fraction of sp³-hybridized carbons (Fsp3) is 0.0909. The quantitative estimate of drug-likeness (QED) is 0.518. The highest BCUT2D eigenvalue weighted by atomic mass is 16.2. The number of rotatable bonds is 6. The van der Waals surface area contributed by atoms with Gasteiger partial charge in [-0.2, -0.15) is 0 Å². The number of nitrogens with one attached hydrogen (secondary N) is 4. The monoisotopic (exact) mass is 374 g/mol. The molecule has 0 bridgehead atoms. The molecule has 3 aromatic carbocycles. The van der Waals surface area contributed by atoms with Gasteiger partial charge in [0.05, 0.1) is 0 Å². The van der Waals surface area contributed by atoms with Crippen molar-refractivity contribution in [3.05, 3.63) is 96.1 Å². The molecule has 142 valence electrons. The predicted octanol–water partition coefficient (Wildman–Crippen LogP) is 4.33. The topological polar surface area (TPSA) is 82.3 Å². The second-order valence-corrected chi connectivity index (χ2v) is 6.16. The SMILES string of the molecule is O=C(NCc1ccccc1)Nc1ccc(NC(=O)NCc2ccccc2)cc1. The lowest BCUT2D eigenvalue weighted by molar-refractivity contribution is 0.251. The van der Waals surface area contributed by atoms with Gasteiger partial charge in [0, 0.05) is 24.5 Å². The van der Waals surface area contributed by atoms with Crippen molar-refractivity contribution < 1.29 is 9.59 Å². The number of benzene rings is 3. The highest BCUT2D eigenvalue weighted by Gasteiger charge is 2.04. The average molecular weight is 374 g/mol. The molecule has 0 atom stereocenters. The van der Waals surface area contributed by atoms with Gasteiger partial charge in [0.15, 0.2) is 0 Å². The number of carbonyl (C=O) groups is 2. The van der Waals surface area contributed by atoms with Crippen LogP contribution in [-0.4, -0.2) is 12.1 Å². The molecule has 0 fully saturated rings. The third-order valence-corrected chi connectivity index (χ3v) is 3.99. The summed E-state index contributed by atoms with van der Waals surface area (Å²) >= 11 is 0. The molecular weight excluding hydrogens is 352 g/mol. The molecule has 28 heavy (non-hydrogen) atoms. The van der Waals surface area contributed by atoms with E-state index in [2.05, 4.69) is 21.3 Å². The normalized spacial score (nSPS) is 10.0. The van der Waals surface area contributed by atoms with Crippen LogP contribution in [0.1, 0.15) is 11.1 Å². The van der Waals surface area contributed by atoms with E-state index in [0.29, 0.717) is 24.5 Å². The molecule has 0 heterocycles. The van der Waals surface area contributed by atoms with Gasteiger partial charge in [-0.15, -0.1) is 0 Å². The van der Waals surface area contributed by atoms with Crippen LogP contribution < -0.4 is 21.3 Å². The molecule has 0 unspecified atom stereocenters. The number of hydrogen-bond acceptors (Lipinski definition) is 2. The van der Waals surface area contributed by atoms with E-state index in [-0.39, 0.29) is 12.1 Å². The molecule has 6 nitrogen and oxygen atoms in total. The minimum atomic E-state index is -0.287. The maximum Gasteiger partial charge on any atom is 0.319 e. The van der Waals surface area contributed by atoms with Crippen LogP contribution in [0.3, 0.4) is 0 Å². The highest BCUT2D eigenvalue weighted by Crippen LogP contribution is 2.13. The first-order chi connectivity index (χ1) is 13.7. The van der Waals surface area contributed by atoms with Crippen LogP contribution in [0, 0.1) is 0 Å². The summed E-state index contributed by atoms with van der Waals surface area (Å²) in [5.74, 6) is 0. The van der Waals surface area contributed by atoms with E-state index in [1.54, 1.807) is 24.3 Å². The molecule has 3 aromatic rings. The lowest BCUT2D eigenvalue weighted by Crippen LogP contribution is -2.28. The molecule has 3 rings (SSSR count). The molecule has 4 N–H and O–H groups in total. The van der Waals surface area contributed by atoms with Gasteiger partial charge >= 0.3 is 12.1 Å². The lowest BCUT2D eigenvalue weighted by atomic mass is 10.2. The zero-order valence-electron chi connectivity index (χ0n) is 15.3. The minimum absolute atomic E-state index is 0.287. The summed E-state index contributed by atoms with van der Waals surface area (Å²) in [6.45, 7) is 0.905. The summed E-state index contributed by atoms with van der Waals surface area (Å²) < 4.78 is 0. The first kappa shape index (κ1) is 19.0. The van der Waals surface area contributed by atoms with Crippen molar-refractivity contribution in [2.24, 2.45) is 0 Å². The van der Waals surface area contributed by atoms with Gasteiger partial charge in [-0.3, -0.25) is 0 Å². The van der Waals surface area contributed by atoms with Crippen molar-refractivity contribution in [1.29, 1.82) is 0 Å². The Morgan fingerprint density at radius 3 is 1.25 bits per heavy atom. The summed E-state index contributed by atoms with van der Waals surface area (Å²) in [6.07, 6.45) is 0. The van der Waals surface area contributed by atoms with Crippen molar-refractivity contribution in [2.45, 2.75) is 13.1 Å². The van der Waals surface area contributed by atoms with Crippen LogP contribution in [-0.2, 0) is 13.1 Å². The highest BCUT2D eigenvalue weighted by molar-refractivity contribution is 5.91. The van der Waals surface area contributed by atoms with Crippen molar-refractivity contribution in [1.82, 2.24) is 10.6 Å². The number of hydrogen-bond donors (Lipinski definition) is 4. The largest absolute Gasteiger partial charge is 0.334 e. The number of carbonyl (C=O) groups excluding carboxylic acids is 2. The maximum atomic E-state index is 12.0. The van der Waals surface area contributed by atoms with Crippen LogP contribution in [0.5, 0.6) is 0 Å². The molecule has 4 amide bonds. The van der Waals surface area contributed by atoms with Crippen molar-refractivity contribution in [3.63, 3.8) is 0 Å². The summed E-state index contributed by atoms with van der Waals surface area (Å²) in [5.41, 5.74) is 3.33. The van der Waals surface area contributed by atoms with Crippen LogP contribution in [0.4, 0.5) is 21.0 Å². The Kier molecular flexibility index (Phi) is 6.62. The standard InChI is InChI=1S/C22H22N4O2/c27-21(23-15-17-7-3-1-4-8-17)25-19-11-13-20(14-12-19)26-22(28)24-16-18-9-5-2-6-10-18/h1-14H,15-16H2,(H2,23,25,27)(H2,24,26,28). The van der Waals surface area contributed by atoms with E-state index in [9.17, 15) is 9.59 Å². The van der Waals surface area contributed by atoms with Crippen LogP contribution in [0.15, 0.2) is 84.9 Å². The van der Waals surface area contributed by atoms with E-state index < -0.39 is 0 Å². The van der Waals surface area contributed by atoms with E-state index in [0.717, 1.165) is 11.1 Å². The summed E-state index contributed by atoms with van der Waals surface area (Å²) in [5, 5.41) is 11.1. The first-order valence-corrected chi connectivity index (χ1v) is 8.97. The molecule has 0 saturated heterocycles. The zero-order chi connectivity index (χ0) is 19.6. The first-order valence-electron chi connectivity index (χ1n) is 8.97. The zero-order valence-corrected chi connectivity index (χ0v) is 15.3. The predicted molar refractivity (Wildman–Crippen MR) is 111 cm³/mol. The van der Waals surface area contributed by atoms with E-state index in [1.807, 2.05) is 60.7 Å². The molecule has 0 aromatic heterocycles. The molecule has 0 spiro atoms. The Hall–Kier alpha value is -3.80. The van der Waals surface area contributed by atoms with Crippen molar-refractivity contribution in [3.8, 4) is 0 Å². The number of urea groups is 2. The third kappa shape index (κ3) is 6.17.